The van der Waals surface area contributed by atoms with E-state index in [2.05, 4.69) is 15.3 Å². The van der Waals surface area contributed by atoms with Crippen molar-refractivity contribution in [2.75, 3.05) is 79.2 Å². The summed E-state index contributed by atoms with van der Waals surface area (Å²) in [6, 6.07) is 0. The van der Waals surface area contributed by atoms with Crippen LogP contribution in [0.3, 0.4) is 0 Å². The fourth-order valence-corrected chi connectivity index (χ4v) is 1.67. The molecule has 0 saturated heterocycles. The maximum absolute atomic E-state index is 11.4. The Morgan fingerprint density at radius 2 is 1.25 bits per heavy atom. The van der Waals surface area contributed by atoms with Crippen molar-refractivity contribution in [3.05, 3.63) is 10.4 Å². The number of nitrogens with one attached hydrogen (secondary N) is 1. The monoisotopic (exact) mass is 406 g/mol. The average Bonchev–Trinajstić information content (AvgIpc) is 2.62. The second-order valence-corrected chi connectivity index (χ2v) is 6.45. The van der Waals surface area contributed by atoms with Crippen molar-refractivity contribution in [1.82, 2.24) is 5.32 Å². The van der Waals surface area contributed by atoms with Crippen LogP contribution in [0.4, 0.5) is 4.79 Å². The van der Waals surface area contributed by atoms with Gasteiger partial charge in [-0.05, 0) is 26.3 Å². The van der Waals surface area contributed by atoms with Gasteiger partial charge >= 0.3 is 6.09 Å². The number of alkyl carbamates (subject to hydrolysis) is 1. The van der Waals surface area contributed by atoms with Crippen LogP contribution in [0, 0.1) is 0 Å². The number of nitrogens with zero attached hydrogens (tertiary/aromatic N) is 3. The van der Waals surface area contributed by atoms with Gasteiger partial charge in [0.1, 0.15) is 5.60 Å². The van der Waals surface area contributed by atoms with Gasteiger partial charge < -0.3 is 33.7 Å². The molecular weight excluding hydrogens is 372 g/mol. The maximum atomic E-state index is 11.4. The molecule has 0 unspecified atom stereocenters. The molecule has 0 heterocycles. The number of ether oxygens (including phenoxy) is 6. The van der Waals surface area contributed by atoms with Crippen LogP contribution in [0.25, 0.3) is 10.4 Å². The Labute approximate surface area is 166 Å². The minimum atomic E-state index is -0.504. The van der Waals surface area contributed by atoms with Crippen LogP contribution < -0.4 is 5.32 Å². The molecule has 0 saturated carbocycles. The number of hydrogen-bond acceptors (Lipinski definition) is 8. The van der Waals surface area contributed by atoms with Crippen LogP contribution in [0.15, 0.2) is 5.11 Å². The third kappa shape index (κ3) is 22.4. The van der Waals surface area contributed by atoms with Crippen molar-refractivity contribution in [3.8, 4) is 0 Å². The quantitative estimate of drug-likeness (QED) is 0.159. The van der Waals surface area contributed by atoms with Gasteiger partial charge in [-0.3, -0.25) is 0 Å². The molecule has 1 N–H and O–H groups in total. The van der Waals surface area contributed by atoms with E-state index in [0.29, 0.717) is 79.2 Å². The zero-order chi connectivity index (χ0) is 20.9. The average molecular weight is 406 g/mol. The lowest BCUT2D eigenvalue weighted by atomic mass is 10.2. The van der Waals surface area contributed by atoms with Gasteiger partial charge in [-0.15, -0.1) is 0 Å². The lowest BCUT2D eigenvalue weighted by molar-refractivity contribution is -0.0104. The highest BCUT2D eigenvalue weighted by Crippen LogP contribution is 2.05. The third-order valence-electron chi connectivity index (χ3n) is 2.80. The normalized spacial score (nSPS) is 11.1. The summed E-state index contributed by atoms with van der Waals surface area (Å²) < 4.78 is 31.7. The molecule has 1 amide bonds. The summed E-state index contributed by atoms with van der Waals surface area (Å²) in [4.78, 5) is 14.0. The molecular formula is C17H34N4O7. The molecule has 0 aliphatic heterocycles. The van der Waals surface area contributed by atoms with Crippen LogP contribution in [-0.4, -0.2) is 90.9 Å². The van der Waals surface area contributed by atoms with Crippen LogP contribution in [0.2, 0.25) is 0 Å². The third-order valence-corrected chi connectivity index (χ3v) is 2.80. The van der Waals surface area contributed by atoms with Crippen molar-refractivity contribution in [2.45, 2.75) is 26.4 Å². The predicted molar refractivity (Wildman–Crippen MR) is 102 cm³/mol. The summed E-state index contributed by atoms with van der Waals surface area (Å²) in [6.45, 7) is 10.7. The highest BCUT2D eigenvalue weighted by Gasteiger charge is 2.15. The van der Waals surface area contributed by atoms with E-state index in [1.54, 1.807) is 0 Å². The second kappa shape index (κ2) is 18.7. The lowest BCUT2D eigenvalue weighted by Gasteiger charge is -2.19. The molecule has 28 heavy (non-hydrogen) atoms. The highest BCUT2D eigenvalue weighted by atomic mass is 16.6. The van der Waals surface area contributed by atoms with Gasteiger partial charge in [0.2, 0.25) is 0 Å². The van der Waals surface area contributed by atoms with Crippen molar-refractivity contribution in [2.24, 2.45) is 5.11 Å². The number of rotatable bonds is 18. The summed E-state index contributed by atoms with van der Waals surface area (Å²) in [5, 5.41) is 5.96. The Balaban J connectivity index is 3.14. The fraction of sp³-hybridized carbons (Fsp3) is 0.941. The van der Waals surface area contributed by atoms with Crippen molar-refractivity contribution in [3.63, 3.8) is 0 Å². The predicted octanol–water partition coefficient (Wildman–Crippen LogP) is 1.90. The Kier molecular flexibility index (Phi) is 17.6. The van der Waals surface area contributed by atoms with Crippen LogP contribution in [0.1, 0.15) is 20.8 Å². The molecule has 0 spiro atoms. The zero-order valence-corrected chi connectivity index (χ0v) is 17.2. The van der Waals surface area contributed by atoms with Gasteiger partial charge in [0, 0.05) is 18.0 Å². The van der Waals surface area contributed by atoms with Crippen molar-refractivity contribution >= 4 is 6.09 Å². The molecule has 0 aromatic heterocycles. The minimum absolute atomic E-state index is 0.327. The van der Waals surface area contributed by atoms with Gasteiger partial charge in [0.05, 0.1) is 66.1 Å². The number of carbonyl (C=O) groups is 1. The van der Waals surface area contributed by atoms with E-state index in [4.69, 9.17) is 34.0 Å². The van der Waals surface area contributed by atoms with Gasteiger partial charge in [-0.25, -0.2) is 4.79 Å². The van der Waals surface area contributed by atoms with E-state index < -0.39 is 11.7 Å². The summed E-state index contributed by atoms with van der Waals surface area (Å²) in [5.74, 6) is 0. The van der Waals surface area contributed by atoms with Crippen LogP contribution >= 0.6 is 0 Å². The summed E-state index contributed by atoms with van der Waals surface area (Å²) in [6.07, 6.45) is -0.452. The molecule has 0 radical (unpaired) electrons. The van der Waals surface area contributed by atoms with Gasteiger partial charge in [0.15, 0.2) is 0 Å². The van der Waals surface area contributed by atoms with Crippen molar-refractivity contribution in [1.29, 1.82) is 0 Å². The SMILES string of the molecule is CC(C)(C)OC(=O)NCCOCCOCCOCCOCCOCCN=[N+]=[N-]. The number of hydrogen-bond donors (Lipinski definition) is 1. The number of azide groups is 1. The van der Waals surface area contributed by atoms with Gasteiger partial charge in [-0.1, -0.05) is 5.11 Å². The van der Waals surface area contributed by atoms with Crippen molar-refractivity contribution < 1.29 is 33.2 Å². The molecule has 0 aliphatic carbocycles. The standard InChI is InChI=1S/C17H34N4O7/c1-17(2,3)28-16(22)19-4-6-23-8-10-25-12-14-27-15-13-26-11-9-24-7-5-20-21-18/h4-15H2,1-3H3,(H,19,22). The smallest absolute Gasteiger partial charge is 0.407 e. The first-order chi connectivity index (χ1) is 13.5. The molecule has 0 fully saturated rings. The fourth-order valence-electron chi connectivity index (χ4n) is 1.67. The summed E-state index contributed by atoms with van der Waals surface area (Å²) in [7, 11) is 0. The molecule has 0 atom stereocenters. The van der Waals surface area contributed by atoms with E-state index in [0.717, 1.165) is 0 Å². The summed E-state index contributed by atoms with van der Waals surface area (Å²) in [5.41, 5.74) is 7.58. The largest absolute Gasteiger partial charge is 0.444 e. The van der Waals surface area contributed by atoms with Gasteiger partial charge in [0.25, 0.3) is 0 Å². The Hall–Kier alpha value is -1.62. The molecule has 0 rings (SSSR count). The lowest BCUT2D eigenvalue weighted by Crippen LogP contribution is -2.34. The van der Waals surface area contributed by atoms with E-state index in [1.807, 2.05) is 20.8 Å². The second-order valence-electron chi connectivity index (χ2n) is 6.45. The molecule has 11 nitrogen and oxygen atoms in total. The zero-order valence-electron chi connectivity index (χ0n) is 17.2. The minimum Gasteiger partial charge on any atom is -0.444 e. The maximum Gasteiger partial charge on any atom is 0.407 e. The Morgan fingerprint density at radius 1 is 0.821 bits per heavy atom. The van der Waals surface area contributed by atoms with Gasteiger partial charge in [-0.2, -0.15) is 0 Å². The molecule has 164 valence electrons. The molecule has 0 aromatic rings. The number of amides is 1. The topological polar surface area (TPSA) is 133 Å². The van der Waals surface area contributed by atoms with E-state index >= 15 is 0 Å². The van der Waals surface area contributed by atoms with E-state index in [1.165, 1.54) is 0 Å². The Bertz CT molecular complexity index is 426. The first-order valence-electron chi connectivity index (χ1n) is 9.32. The van der Waals surface area contributed by atoms with E-state index in [9.17, 15) is 4.79 Å². The first-order valence-corrected chi connectivity index (χ1v) is 9.32. The van der Waals surface area contributed by atoms with E-state index in [-0.39, 0.29) is 0 Å². The molecule has 0 aromatic carbocycles. The number of carbonyl (C=O) groups excluding carboxylic acids is 1. The molecule has 0 bridgehead atoms. The van der Waals surface area contributed by atoms with Crippen LogP contribution in [0.5, 0.6) is 0 Å². The summed E-state index contributed by atoms with van der Waals surface area (Å²) >= 11 is 0. The first kappa shape index (κ1) is 26.4. The molecule has 11 heteroatoms. The van der Waals surface area contributed by atoms with Crippen LogP contribution in [-0.2, 0) is 28.4 Å². The Morgan fingerprint density at radius 3 is 1.68 bits per heavy atom. The molecule has 0 aliphatic rings. The highest BCUT2D eigenvalue weighted by molar-refractivity contribution is 5.67.